The fourth-order valence-electron chi connectivity index (χ4n) is 1.53. The lowest BCUT2D eigenvalue weighted by molar-refractivity contribution is 0.102. The smallest absolute Gasteiger partial charge is 0.257 e. The third kappa shape index (κ3) is 3.53. The van der Waals surface area contributed by atoms with Crippen LogP contribution >= 0.6 is 27.3 Å². The lowest BCUT2D eigenvalue weighted by Crippen LogP contribution is -2.15. The molecule has 0 spiro atoms. The van der Waals surface area contributed by atoms with Gasteiger partial charge in [-0.1, -0.05) is 25.2 Å². The van der Waals surface area contributed by atoms with E-state index in [1.807, 2.05) is 13.8 Å². The maximum Gasteiger partial charge on any atom is 0.257 e. The Bertz CT molecular complexity index is 628. The standard InChI is InChI=1S/C12H14BrN5OS/c1-6(2)8-3-7(4-10(16-8)18-14)11(19)17-12-15-5-9(13)20-12/h3-6H,14H2,1-2H3,(H,16,18)(H,15,17,19). The lowest BCUT2D eigenvalue weighted by atomic mass is 10.1. The van der Waals surface area contributed by atoms with E-state index in [1.165, 1.54) is 11.3 Å². The number of hydrogen-bond donors (Lipinski definition) is 3. The Labute approximate surface area is 128 Å². The third-order valence-electron chi connectivity index (χ3n) is 2.54. The van der Waals surface area contributed by atoms with Crippen LogP contribution in [0.4, 0.5) is 10.9 Å². The van der Waals surface area contributed by atoms with Gasteiger partial charge in [0.2, 0.25) is 0 Å². The summed E-state index contributed by atoms with van der Waals surface area (Å²) in [6, 6.07) is 3.35. The van der Waals surface area contributed by atoms with Gasteiger partial charge in [0, 0.05) is 11.3 Å². The van der Waals surface area contributed by atoms with E-state index in [0.717, 1.165) is 9.48 Å². The zero-order valence-corrected chi connectivity index (χ0v) is 13.4. The second-order valence-corrected chi connectivity index (χ2v) is 6.80. The van der Waals surface area contributed by atoms with Crippen LogP contribution in [0.3, 0.4) is 0 Å². The van der Waals surface area contributed by atoms with Crippen molar-refractivity contribution in [1.82, 2.24) is 9.97 Å². The summed E-state index contributed by atoms with van der Waals surface area (Å²) in [5.74, 6) is 5.80. The SMILES string of the molecule is CC(C)c1cc(C(=O)Nc2ncc(Br)s2)cc(NN)n1. The molecule has 0 atom stereocenters. The molecule has 4 N–H and O–H groups in total. The normalized spacial score (nSPS) is 10.7. The summed E-state index contributed by atoms with van der Waals surface area (Å²) in [7, 11) is 0. The summed E-state index contributed by atoms with van der Waals surface area (Å²) < 4.78 is 0.856. The number of nitrogens with two attached hydrogens (primary N) is 1. The lowest BCUT2D eigenvalue weighted by Gasteiger charge is -2.10. The van der Waals surface area contributed by atoms with Crippen LogP contribution < -0.4 is 16.6 Å². The van der Waals surface area contributed by atoms with E-state index in [4.69, 9.17) is 5.84 Å². The molecule has 2 aromatic rings. The zero-order valence-electron chi connectivity index (χ0n) is 11.0. The number of thiazole rings is 1. The van der Waals surface area contributed by atoms with Gasteiger partial charge in [-0.05, 0) is 34.0 Å². The maximum absolute atomic E-state index is 12.2. The van der Waals surface area contributed by atoms with Gasteiger partial charge < -0.3 is 5.43 Å². The van der Waals surface area contributed by atoms with Crippen molar-refractivity contribution in [3.63, 3.8) is 0 Å². The number of carbonyl (C=O) groups is 1. The first-order valence-electron chi connectivity index (χ1n) is 5.91. The predicted molar refractivity (Wildman–Crippen MR) is 83.9 cm³/mol. The van der Waals surface area contributed by atoms with E-state index in [9.17, 15) is 4.79 Å². The van der Waals surface area contributed by atoms with Gasteiger partial charge in [-0.3, -0.25) is 10.1 Å². The largest absolute Gasteiger partial charge is 0.308 e. The van der Waals surface area contributed by atoms with Crippen molar-refractivity contribution in [3.8, 4) is 0 Å². The zero-order chi connectivity index (χ0) is 14.7. The molecule has 0 aliphatic carbocycles. The number of hydrazine groups is 1. The molecule has 2 rings (SSSR count). The Morgan fingerprint density at radius 2 is 2.20 bits per heavy atom. The molecule has 106 valence electrons. The van der Waals surface area contributed by atoms with E-state index in [-0.39, 0.29) is 11.8 Å². The number of halogens is 1. The van der Waals surface area contributed by atoms with Crippen molar-refractivity contribution in [3.05, 3.63) is 33.4 Å². The summed E-state index contributed by atoms with van der Waals surface area (Å²) in [5, 5.41) is 3.27. The monoisotopic (exact) mass is 355 g/mol. The highest BCUT2D eigenvalue weighted by Gasteiger charge is 2.13. The van der Waals surface area contributed by atoms with Gasteiger partial charge in [0.25, 0.3) is 5.91 Å². The van der Waals surface area contributed by atoms with E-state index in [1.54, 1.807) is 18.3 Å². The average Bonchev–Trinajstić information content (AvgIpc) is 2.83. The Morgan fingerprint density at radius 3 is 2.75 bits per heavy atom. The Morgan fingerprint density at radius 1 is 1.45 bits per heavy atom. The minimum Gasteiger partial charge on any atom is -0.308 e. The van der Waals surface area contributed by atoms with Crippen molar-refractivity contribution >= 4 is 44.1 Å². The van der Waals surface area contributed by atoms with Gasteiger partial charge in [-0.2, -0.15) is 0 Å². The Kier molecular flexibility index (Phi) is 4.69. The van der Waals surface area contributed by atoms with Crippen molar-refractivity contribution in [2.24, 2.45) is 5.84 Å². The summed E-state index contributed by atoms with van der Waals surface area (Å²) in [6.45, 7) is 4.00. The number of nitrogens with zero attached hydrogens (tertiary/aromatic N) is 2. The van der Waals surface area contributed by atoms with Crippen molar-refractivity contribution < 1.29 is 4.79 Å². The number of nitrogen functional groups attached to an aromatic ring is 1. The van der Waals surface area contributed by atoms with Crippen LogP contribution in [-0.2, 0) is 0 Å². The number of pyridine rings is 1. The van der Waals surface area contributed by atoms with Crippen LogP contribution in [0, 0.1) is 0 Å². The van der Waals surface area contributed by atoms with Gasteiger partial charge in [-0.25, -0.2) is 15.8 Å². The highest BCUT2D eigenvalue weighted by molar-refractivity contribution is 9.11. The van der Waals surface area contributed by atoms with E-state index in [0.29, 0.717) is 16.5 Å². The van der Waals surface area contributed by atoms with Crippen LogP contribution in [0.5, 0.6) is 0 Å². The Balaban J connectivity index is 2.26. The first kappa shape index (κ1) is 14.9. The van der Waals surface area contributed by atoms with Crippen LogP contribution in [0.2, 0.25) is 0 Å². The van der Waals surface area contributed by atoms with Crippen molar-refractivity contribution in [2.45, 2.75) is 19.8 Å². The second-order valence-electron chi connectivity index (χ2n) is 4.39. The van der Waals surface area contributed by atoms with Gasteiger partial charge in [0.1, 0.15) is 5.82 Å². The first-order chi connectivity index (χ1) is 9.49. The molecule has 0 unspecified atom stereocenters. The molecule has 0 aromatic carbocycles. The number of hydrogen-bond acceptors (Lipinski definition) is 6. The van der Waals surface area contributed by atoms with Crippen LogP contribution in [0.25, 0.3) is 0 Å². The number of amides is 1. The molecule has 0 fully saturated rings. The van der Waals surface area contributed by atoms with Gasteiger partial charge in [-0.15, -0.1) is 0 Å². The number of anilines is 2. The molecule has 0 radical (unpaired) electrons. The van der Waals surface area contributed by atoms with E-state index in [2.05, 4.69) is 36.6 Å². The van der Waals surface area contributed by atoms with Crippen LogP contribution in [-0.4, -0.2) is 15.9 Å². The predicted octanol–water partition coefficient (Wildman–Crippen LogP) is 2.96. The molecule has 2 heterocycles. The maximum atomic E-state index is 12.2. The van der Waals surface area contributed by atoms with E-state index < -0.39 is 0 Å². The highest BCUT2D eigenvalue weighted by Crippen LogP contribution is 2.24. The van der Waals surface area contributed by atoms with Crippen molar-refractivity contribution in [1.29, 1.82) is 0 Å². The molecule has 8 heteroatoms. The number of rotatable bonds is 4. The fraction of sp³-hybridized carbons (Fsp3) is 0.250. The fourth-order valence-corrected chi connectivity index (χ4v) is 2.64. The number of aromatic nitrogens is 2. The minimum absolute atomic E-state index is 0.198. The molecule has 20 heavy (non-hydrogen) atoms. The Hall–Kier alpha value is -1.51. The van der Waals surface area contributed by atoms with E-state index >= 15 is 0 Å². The summed E-state index contributed by atoms with van der Waals surface area (Å²) in [5.41, 5.74) is 3.76. The summed E-state index contributed by atoms with van der Waals surface area (Å²) in [6.07, 6.45) is 1.64. The summed E-state index contributed by atoms with van der Waals surface area (Å²) in [4.78, 5) is 20.6. The van der Waals surface area contributed by atoms with Crippen LogP contribution in [0.15, 0.2) is 22.1 Å². The number of nitrogens with one attached hydrogen (secondary N) is 2. The quantitative estimate of drug-likeness (QED) is 0.579. The average molecular weight is 356 g/mol. The molecule has 0 aliphatic rings. The molecule has 0 saturated heterocycles. The van der Waals surface area contributed by atoms with Gasteiger partial charge >= 0.3 is 0 Å². The third-order valence-corrected chi connectivity index (χ3v) is 3.94. The molecule has 6 nitrogen and oxygen atoms in total. The topological polar surface area (TPSA) is 92.9 Å². The van der Waals surface area contributed by atoms with Gasteiger partial charge in [0.15, 0.2) is 5.13 Å². The highest BCUT2D eigenvalue weighted by atomic mass is 79.9. The second kappa shape index (κ2) is 6.29. The molecule has 2 aromatic heterocycles. The molecular formula is C12H14BrN5OS. The molecule has 0 aliphatic heterocycles. The minimum atomic E-state index is -0.243. The molecule has 0 saturated carbocycles. The summed E-state index contributed by atoms with van der Waals surface area (Å²) >= 11 is 4.65. The molecular weight excluding hydrogens is 342 g/mol. The first-order valence-corrected chi connectivity index (χ1v) is 7.52. The molecule has 1 amide bonds. The number of carbonyl (C=O) groups excluding carboxylic acids is 1. The van der Waals surface area contributed by atoms with Crippen LogP contribution in [0.1, 0.15) is 35.8 Å². The van der Waals surface area contributed by atoms with Gasteiger partial charge in [0.05, 0.1) is 9.98 Å². The molecule has 0 bridgehead atoms. The van der Waals surface area contributed by atoms with Crippen molar-refractivity contribution in [2.75, 3.05) is 10.7 Å².